The summed E-state index contributed by atoms with van der Waals surface area (Å²) in [4.78, 5) is 0. The molecule has 1 unspecified atom stereocenters. The Labute approximate surface area is 281 Å². The second-order valence-electron chi connectivity index (χ2n) is 11.8. The molecule has 7 rings (SSSR count). The summed E-state index contributed by atoms with van der Waals surface area (Å²) in [7, 11) is -1.71. The van der Waals surface area contributed by atoms with Crippen LogP contribution in [0.5, 0.6) is 17.2 Å². The number of hydrogen-bond acceptors (Lipinski definition) is 6. The highest BCUT2D eigenvalue weighted by molar-refractivity contribution is 7.53. The number of fused-ring (bicyclic) bond motifs is 4. The van der Waals surface area contributed by atoms with Gasteiger partial charge in [-0.25, -0.2) is 4.57 Å². The quantitative estimate of drug-likeness (QED) is 0.0910. The summed E-state index contributed by atoms with van der Waals surface area (Å²) < 4.78 is 41.8. The molecule has 48 heavy (non-hydrogen) atoms. The number of hydrogen-bond donors (Lipinski definition) is 0. The average Bonchev–Trinajstić information content (AvgIpc) is 3.42. The molecular weight excluding hydrogens is 619 g/mol. The first-order valence-electron chi connectivity index (χ1n) is 16.0. The van der Waals surface area contributed by atoms with Crippen LogP contribution < -0.4 is 14.0 Å². The lowest BCUT2D eigenvalue weighted by atomic mass is 9.68. The minimum absolute atomic E-state index is 0.115. The van der Waals surface area contributed by atoms with Crippen LogP contribution in [0.25, 0.3) is 21.9 Å². The normalized spacial score (nSPS) is 14.1. The zero-order valence-corrected chi connectivity index (χ0v) is 27.9. The van der Waals surface area contributed by atoms with Crippen LogP contribution in [0.3, 0.4) is 0 Å². The fourth-order valence-electron chi connectivity index (χ4n) is 6.71. The summed E-state index contributed by atoms with van der Waals surface area (Å²) in [6.07, 6.45) is 0. The van der Waals surface area contributed by atoms with Gasteiger partial charge >= 0.3 is 7.60 Å². The lowest BCUT2D eigenvalue weighted by Crippen LogP contribution is -2.28. The van der Waals surface area contributed by atoms with Gasteiger partial charge < -0.3 is 18.7 Å². The summed E-state index contributed by atoms with van der Waals surface area (Å²) in [5.41, 5.74) is 6.64. The van der Waals surface area contributed by atoms with Gasteiger partial charge in [0, 0.05) is 19.2 Å². The van der Waals surface area contributed by atoms with Gasteiger partial charge in [-0.3, -0.25) is 4.52 Å². The molecule has 1 aliphatic carbocycles. The van der Waals surface area contributed by atoms with Gasteiger partial charge in [0.15, 0.2) is 0 Å². The Balaban J connectivity index is 1.11. The minimum atomic E-state index is -3.37. The molecule has 0 saturated heterocycles. The fourth-order valence-corrected chi connectivity index (χ4v) is 7.69. The van der Waals surface area contributed by atoms with Crippen molar-refractivity contribution in [3.8, 4) is 28.4 Å². The maximum atomic E-state index is 13.2. The van der Waals surface area contributed by atoms with Crippen molar-refractivity contribution in [1.29, 1.82) is 0 Å². The van der Waals surface area contributed by atoms with Gasteiger partial charge in [0.2, 0.25) is 0 Å². The van der Waals surface area contributed by atoms with Crippen molar-refractivity contribution in [2.24, 2.45) is 0 Å². The topological polar surface area (TPSA) is 63.2 Å². The standard InChI is InChI=1S/C41H37O6P/c1-43-26-27-44-33-22-18-31(19-23-33)41(38-15-7-5-13-36(38)37-14-6-8-16-39(37)41)32-20-24-34(25-21-32)45-28-29-46-48(2,42)47-40-17-9-11-30-10-3-4-12-35(30)40/h3-25H,26-29H2,1-2H3. The van der Waals surface area contributed by atoms with Crippen LogP contribution in [0.4, 0.5) is 0 Å². The Morgan fingerprint density at radius 3 is 1.69 bits per heavy atom. The predicted octanol–water partition coefficient (Wildman–Crippen LogP) is 9.53. The molecule has 0 aliphatic heterocycles. The second kappa shape index (κ2) is 13.7. The van der Waals surface area contributed by atoms with E-state index in [9.17, 15) is 4.57 Å². The van der Waals surface area contributed by atoms with Crippen LogP contribution in [-0.2, 0) is 19.2 Å². The van der Waals surface area contributed by atoms with Crippen molar-refractivity contribution in [3.05, 3.63) is 162 Å². The van der Waals surface area contributed by atoms with Crippen LogP contribution in [0.15, 0.2) is 140 Å². The van der Waals surface area contributed by atoms with Crippen LogP contribution in [0.2, 0.25) is 0 Å². The molecule has 1 aliphatic rings. The smallest absolute Gasteiger partial charge is 0.376 e. The first-order valence-corrected chi connectivity index (χ1v) is 18.0. The maximum absolute atomic E-state index is 13.2. The molecule has 0 aromatic heterocycles. The highest BCUT2D eigenvalue weighted by Gasteiger charge is 2.45. The molecule has 242 valence electrons. The van der Waals surface area contributed by atoms with Gasteiger partial charge in [0.1, 0.15) is 30.5 Å². The monoisotopic (exact) mass is 656 g/mol. The number of rotatable bonds is 13. The Morgan fingerprint density at radius 2 is 1.08 bits per heavy atom. The molecule has 0 spiro atoms. The first kappa shape index (κ1) is 31.7. The molecule has 0 amide bonds. The second-order valence-corrected chi connectivity index (χ2v) is 13.7. The summed E-state index contributed by atoms with van der Waals surface area (Å²) in [6.45, 7) is 2.84. The third-order valence-electron chi connectivity index (χ3n) is 8.77. The Morgan fingerprint density at radius 1 is 0.562 bits per heavy atom. The maximum Gasteiger partial charge on any atom is 0.376 e. The molecule has 0 saturated carbocycles. The van der Waals surface area contributed by atoms with E-state index >= 15 is 0 Å². The summed E-state index contributed by atoms with van der Waals surface area (Å²) in [5.74, 6) is 2.03. The van der Waals surface area contributed by atoms with Crippen molar-refractivity contribution in [3.63, 3.8) is 0 Å². The molecular formula is C41H37O6P. The van der Waals surface area contributed by atoms with Gasteiger partial charge in [-0.2, -0.15) is 0 Å². The van der Waals surface area contributed by atoms with Crippen LogP contribution in [0, 0.1) is 0 Å². The minimum Gasteiger partial charge on any atom is -0.491 e. The zero-order chi connectivity index (χ0) is 33.0. The molecule has 1 atom stereocenters. The largest absolute Gasteiger partial charge is 0.491 e. The van der Waals surface area contributed by atoms with Crippen LogP contribution >= 0.6 is 7.60 Å². The SMILES string of the molecule is COCCOc1ccc(C2(c3ccc(OCCOP(C)(=O)Oc4cccc5ccccc45)cc3)c3ccccc3-c3ccccc32)cc1. The molecule has 6 nitrogen and oxygen atoms in total. The Kier molecular flexibility index (Phi) is 9.05. The molecule has 6 aromatic carbocycles. The van der Waals surface area contributed by atoms with E-state index in [2.05, 4.69) is 72.8 Å². The van der Waals surface area contributed by atoms with Gasteiger partial charge in [0.05, 0.1) is 18.6 Å². The van der Waals surface area contributed by atoms with Crippen LogP contribution in [-0.4, -0.2) is 40.2 Å². The summed E-state index contributed by atoms with van der Waals surface area (Å²) in [6, 6.07) is 47.4. The lowest BCUT2D eigenvalue weighted by Gasteiger charge is -2.34. The van der Waals surface area contributed by atoms with E-state index in [0.29, 0.717) is 24.7 Å². The average molecular weight is 657 g/mol. The molecule has 0 fully saturated rings. The molecule has 0 radical (unpaired) electrons. The van der Waals surface area contributed by atoms with E-state index in [4.69, 9.17) is 23.3 Å². The van der Waals surface area contributed by atoms with Gasteiger partial charge in [-0.1, -0.05) is 109 Å². The predicted molar refractivity (Wildman–Crippen MR) is 191 cm³/mol. The third kappa shape index (κ3) is 6.11. The molecule has 7 heteroatoms. The van der Waals surface area contributed by atoms with E-state index < -0.39 is 13.0 Å². The third-order valence-corrected chi connectivity index (χ3v) is 9.95. The zero-order valence-electron chi connectivity index (χ0n) is 27.0. The number of methoxy groups -OCH3 is 1. The Hall–Kier alpha value is -4.87. The van der Waals surface area contributed by atoms with Crippen molar-refractivity contribution < 1.29 is 27.8 Å². The summed E-state index contributed by atoms with van der Waals surface area (Å²) in [5, 5.41) is 1.90. The molecule has 0 heterocycles. The van der Waals surface area contributed by atoms with Gasteiger partial charge in [-0.15, -0.1) is 0 Å². The van der Waals surface area contributed by atoms with Gasteiger partial charge in [0.25, 0.3) is 0 Å². The Bertz CT molecular complexity index is 2020. The van der Waals surface area contributed by atoms with E-state index in [-0.39, 0.29) is 13.2 Å². The molecule has 6 aromatic rings. The highest BCUT2D eigenvalue weighted by atomic mass is 31.2. The number of ether oxygens (including phenoxy) is 3. The molecule has 0 bridgehead atoms. The van der Waals surface area contributed by atoms with Crippen LogP contribution in [0.1, 0.15) is 22.3 Å². The van der Waals surface area contributed by atoms with Crippen molar-refractivity contribution in [1.82, 2.24) is 0 Å². The van der Waals surface area contributed by atoms with E-state index in [1.807, 2.05) is 60.7 Å². The molecule has 0 N–H and O–H groups in total. The number of benzene rings is 6. The van der Waals surface area contributed by atoms with E-state index in [1.54, 1.807) is 13.2 Å². The van der Waals surface area contributed by atoms with Crippen molar-refractivity contribution >= 4 is 18.4 Å². The fraction of sp³-hybridized carbons (Fsp3) is 0.171. The summed E-state index contributed by atoms with van der Waals surface area (Å²) >= 11 is 0. The highest BCUT2D eigenvalue weighted by Crippen LogP contribution is 2.56. The lowest BCUT2D eigenvalue weighted by molar-refractivity contribution is 0.146. The van der Waals surface area contributed by atoms with Crippen molar-refractivity contribution in [2.75, 3.05) is 40.2 Å². The van der Waals surface area contributed by atoms with E-state index in [1.165, 1.54) is 28.9 Å². The van der Waals surface area contributed by atoms with Gasteiger partial charge in [-0.05, 0) is 69.1 Å². The van der Waals surface area contributed by atoms with Crippen molar-refractivity contribution in [2.45, 2.75) is 5.41 Å². The van der Waals surface area contributed by atoms with E-state index in [0.717, 1.165) is 27.6 Å². The first-order chi connectivity index (χ1) is 23.5.